The van der Waals surface area contributed by atoms with Crippen LogP contribution in [0, 0.1) is 0 Å². The van der Waals surface area contributed by atoms with Gasteiger partial charge in [0.05, 0.1) is 26.4 Å². The van der Waals surface area contributed by atoms with Crippen LogP contribution in [-0.4, -0.2) is 74.9 Å². The number of hydrogen-bond donors (Lipinski definition) is 0. The second-order valence-electron chi connectivity index (χ2n) is 4.69. The topological polar surface area (TPSA) is 34.2 Å². The highest BCUT2D eigenvalue weighted by molar-refractivity contribution is 4.88. The van der Waals surface area contributed by atoms with Crippen molar-refractivity contribution in [2.24, 2.45) is 0 Å². The molecule has 0 radical (unpaired) electrons. The first-order chi connectivity index (χ1) is 9.35. The third kappa shape index (κ3) is 4.12. The molecular weight excluding hydrogens is 244 g/mol. The Kier molecular flexibility index (Phi) is 6.00. The average Bonchev–Trinajstić information content (AvgIpc) is 2.50. The quantitative estimate of drug-likeness (QED) is 0.662. The molecule has 0 aliphatic carbocycles. The van der Waals surface area contributed by atoms with E-state index in [0.717, 1.165) is 52.6 Å². The van der Waals surface area contributed by atoms with Crippen molar-refractivity contribution in [1.82, 2.24) is 9.80 Å². The van der Waals surface area contributed by atoms with E-state index in [1.54, 1.807) is 0 Å². The van der Waals surface area contributed by atoms with Crippen LogP contribution in [0.4, 0.5) is 0 Å². The van der Waals surface area contributed by atoms with Crippen LogP contribution in [0.25, 0.3) is 0 Å². The molecule has 0 spiro atoms. The molecule has 2 saturated heterocycles. The molecule has 2 rings (SSSR count). The van der Waals surface area contributed by atoms with E-state index in [4.69, 9.17) is 14.2 Å². The molecule has 0 aromatic rings. The van der Waals surface area contributed by atoms with Crippen LogP contribution in [0.1, 0.15) is 0 Å². The lowest BCUT2D eigenvalue weighted by molar-refractivity contribution is -0.144. The summed E-state index contributed by atoms with van der Waals surface area (Å²) in [6.07, 6.45) is 3.52. The molecule has 2 atom stereocenters. The third-order valence-electron chi connectivity index (χ3n) is 3.49. The molecule has 2 unspecified atom stereocenters. The molecule has 2 aliphatic heterocycles. The Labute approximate surface area is 115 Å². The van der Waals surface area contributed by atoms with Gasteiger partial charge in [-0.3, -0.25) is 9.80 Å². The molecule has 5 heteroatoms. The lowest BCUT2D eigenvalue weighted by Crippen LogP contribution is -2.50. The molecule has 5 nitrogen and oxygen atoms in total. The van der Waals surface area contributed by atoms with Gasteiger partial charge >= 0.3 is 0 Å². The first kappa shape index (κ1) is 14.7. The van der Waals surface area contributed by atoms with Crippen molar-refractivity contribution in [3.05, 3.63) is 25.3 Å². The first-order valence-electron chi connectivity index (χ1n) is 6.89. The van der Waals surface area contributed by atoms with Crippen LogP contribution in [0.3, 0.4) is 0 Å². The summed E-state index contributed by atoms with van der Waals surface area (Å²) in [5.41, 5.74) is 0. The first-order valence-corrected chi connectivity index (χ1v) is 6.89. The summed E-state index contributed by atoms with van der Waals surface area (Å²) in [6.45, 7) is 14.3. The molecule has 0 bridgehead atoms. The highest BCUT2D eigenvalue weighted by atomic mass is 16.5. The lowest BCUT2D eigenvalue weighted by Gasteiger charge is -2.38. The normalized spacial score (nSPS) is 25.7. The number of rotatable bonds is 6. The van der Waals surface area contributed by atoms with Crippen molar-refractivity contribution in [2.45, 2.75) is 12.5 Å². The van der Waals surface area contributed by atoms with Crippen LogP contribution in [0.2, 0.25) is 0 Å². The second kappa shape index (κ2) is 7.77. The molecule has 0 N–H and O–H groups in total. The van der Waals surface area contributed by atoms with Crippen molar-refractivity contribution in [1.29, 1.82) is 0 Å². The van der Waals surface area contributed by atoms with Crippen LogP contribution in [0.5, 0.6) is 0 Å². The minimum Gasteiger partial charge on any atom is -0.379 e. The van der Waals surface area contributed by atoms with Gasteiger partial charge in [0.15, 0.2) is 0 Å². The largest absolute Gasteiger partial charge is 0.379 e. The minimum absolute atomic E-state index is 0.0882. The third-order valence-corrected chi connectivity index (χ3v) is 3.49. The van der Waals surface area contributed by atoms with Crippen molar-refractivity contribution < 1.29 is 14.2 Å². The van der Waals surface area contributed by atoms with Crippen LogP contribution in [-0.2, 0) is 14.2 Å². The van der Waals surface area contributed by atoms with Gasteiger partial charge in [-0.25, -0.2) is 0 Å². The van der Waals surface area contributed by atoms with Gasteiger partial charge in [-0.1, -0.05) is 13.2 Å². The Morgan fingerprint density at radius 3 is 1.47 bits per heavy atom. The summed E-state index contributed by atoms with van der Waals surface area (Å²) < 4.78 is 16.9. The monoisotopic (exact) mass is 268 g/mol. The van der Waals surface area contributed by atoms with Crippen molar-refractivity contribution in [3.8, 4) is 0 Å². The molecule has 2 aliphatic rings. The van der Waals surface area contributed by atoms with Crippen LogP contribution >= 0.6 is 0 Å². The molecule has 0 amide bonds. The van der Waals surface area contributed by atoms with E-state index in [9.17, 15) is 0 Å². The van der Waals surface area contributed by atoms with Gasteiger partial charge in [-0.2, -0.15) is 0 Å². The summed E-state index contributed by atoms with van der Waals surface area (Å²) in [7, 11) is 0. The predicted molar refractivity (Wildman–Crippen MR) is 73.8 cm³/mol. The summed E-state index contributed by atoms with van der Waals surface area (Å²) in [4.78, 5) is 4.49. The Balaban J connectivity index is 1.90. The zero-order valence-electron chi connectivity index (χ0n) is 11.5. The molecule has 2 heterocycles. The highest BCUT2D eigenvalue weighted by Gasteiger charge is 2.25. The smallest absolute Gasteiger partial charge is 0.132 e. The number of nitrogens with zero attached hydrogens (tertiary/aromatic N) is 2. The maximum atomic E-state index is 6.13. The van der Waals surface area contributed by atoms with E-state index in [-0.39, 0.29) is 12.5 Å². The highest BCUT2D eigenvalue weighted by Crippen LogP contribution is 2.13. The Hall–Kier alpha value is -0.720. The van der Waals surface area contributed by atoms with E-state index in [1.807, 2.05) is 12.2 Å². The fourth-order valence-corrected chi connectivity index (χ4v) is 2.39. The zero-order valence-corrected chi connectivity index (χ0v) is 11.5. The maximum absolute atomic E-state index is 6.13. The van der Waals surface area contributed by atoms with E-state index >= 15 is 0 Å². The van der Waals surface area contributed by atoms with Gasteiger partial charge in [0.1, 0.15) is 12.5 Å². The second-order valence-corrected chi connectivity index (χ2v) is 4.69. The lowest BCUT2D eigenvalue weighted by atomic mass is 10.3. The van der Waals surface area contributed by atoms with Crippen molar-refractivity contribution in [2.75, 3.05) is 52.6 Å². The van der Waals surface area contributed by atoms with Gasteiger partial charge in [0.2, 0.25) is 0 Å². The maximum Gasteiger partial charge on any atom is 0.132 e. The number of morpholine rings is 2. The average molecular weight is 268 g/mol. The summed E-state index contributed by atoms with van der Waals surface area (Å²) in [6, 6.07) is 0. The molecule has 0 aromatic carbocycles. The molecular formula is C14H24N2O3. The Morgan fingerprint density at radius 2 is 1.16 bits per heavy atom. The molecule has 19 heavy (non-hydrogen) atoms. The van der Waals surface area contributed by atoms with Crippen molar-refractivity contribution in [3.63, 3.8) is 0 Å². The fourth-order valence-electron chi connectivity index (χ4n) is 2.39. The summed E-state index contributed by atoms with van der Waals surface area (Å²) >= 11 is 0. The standard InChI is InChI=1S/C14H24N2O3/c1-3-13(15-5-9-17-10-6-15)19-14(4-2)16-7-11-18-12-8-16/h3-4,13-14H,1-2,5-12H2. The molecule has 2 fully saturated rings. The molecule has 0 aromatic heterocycles. The summed E-state index contributed by atoms with van der Waals surface area (Å²) in [5, 5.41) is 0. The van der Waals surface area contributed by atoms with Crippen LogP contribution < -0.4 is 0 Å². The fraction of sp³-hybridized carbons (Fsp3) is 0.714. The SMILES string of the molecule is C=CC(OC(C=C)N1CCOCC1)N1CCOCC1. The molecule has 108 valence electrons. The van der Waals surface area contributed by atoms with Crippen LogP contribution in [0.15, 0.2) is 25.3 Å². The summed E-state index contributed by atoms with van der Waals surface area (Å²) in [5.74, 6) is 0. The predicted octanol–water partition coefficient (Wildman–Crippen LogP) is 0.692. The Bertz CT molecular complexity index is 258. The van der Waals surface area contributed by atoms with Gasteiger partial charge in [0, 0.05) is 26.2 Å². The molecule has 0 saturated carbocycles. The van der Waals surface area contributed by atoms with E-state index in [0.29, 0.717) is 0 Å². The number of ether oxygens (including phenoxy) is 3. The van der Waals surface area contributed by atoms with Gasteiger partial charge in [-0.15, -0.1) is 0 Å². The van der Waals surface area contributed by atoms with E-state index < -0.39 is 0 Å². The van der Waals surface area contributed by atoms with Gasteiger partial charge in [-0.05, 0) is 12.2 Å². The van der Waals surface area contributed by atoms with E-state index in [1.165, 1.54) is 0 Å². The number of hydrogen-bond acceptors (Lipinski definition) is 5. The minimum atomic E-state index is -0.0882. The zero-order chi connectivity index (χ0) is 13.5. The Morgan fingerprint density at radius 1 is 0.789 bits per heavy atom. The van der Waals surface area contributed by atoms with Gasteiger partial charge in [0.25, 0.3) is 0 Å². The van der Waals surface area contributed by atoms with E-state index in [2.05, 4.69) is 23.0 Å². The van der Waals surface area contributed by atoms with Gasteiger partial charge < -0.3 is 14.2 Å². The van der Waals surface area contributed by atoms with Crippen molar-refractivity contribution >= 4 is 0 Å².